The number of rotatable bonds is 5. The molecule has 1 rings (SSSR count). The van der Waals surface area contributed by atoms with Crippen molar-refractivity contribution in [3.8, 4) is 0 Å². The Kier molecular flexibility index (Phi) is 4.56. The van der Waals surface area contributed by atoms with Gasteiger partial charge < -0.3 is 5.11 Å². The molecule has 0 amide bonds. The summed E-state index contributed by atoms with van der Waals surface area (Å²) < 4.78 is 12.0. The summed E-state index contributed by atoms with van der Waals surface area (Å²) >= 11 is 0. The Morgan fingerprint density at radius 1 is 1.36 bits per heavy atom. The summed E-state index contributed by atoms with van der Waals surface area (Å²) in [5.41, 5.74) is 1.17. The van der Waals surface area contributed by atoms with Gasteiger partial charge in [0.15, 0.2) is 0 Å². The fourth-order valence-corrected chi connectivity index (χ4v) is 1.37. The van der Waals surface area contributed by atoms with Crippen molar-refractivity contribution in [3.05, 3.63) is 35.9 Å². The summed E-state index contributed by atoms with van der Waals surface area (Å²) in [6, 6.07) is 9.92. The van der Waals surface area contributed by atoms with Crippen LogP contribution in [0, 0.1) is 0 Å². The highest BCUT2D eigenvalue weighted by Crippen LogP contribution is 2.03. The lowest BCUT2D eigenvalue weighted by Gasteiger charge is -2.18. The van der Waals surface area contributed by atoms with Crippen LogP contribution in [0.1, 0.15) is 5.56 Å². The van der Waals surface area contributed by atoms with Gasteiger partial charge in [-0.3, -0.25) is 4.90 Å². The zero-order chi connectivity index (χ0) is 10.4. The van der Waals surface area contributed by atoms with Crippen LogP contribution in [0.4, 0.5) is 4.39 Å². The first-order valence-corrected chi connectivity index (χ1v) is 4.69. The summed E-state index contributed by atoms with van der Waals surface area (Å²) in [5.74, 6) is 0. The van der Waals surface area contributed by atoms with Crippen LogP contribution in [-0.4, -0.2) is 36.4 Å². The number of alkyl halides is 1. The molecule has 0 heterocycles. The molecule has 1 aromatic carbocycles. The molecule has 0 saturated heterocycles. The Labute approximate surface area is 84.0 Å². The van der Waals surface area contributed by atoms with Gasteiger partial charge >= 0.3 is 0 Å². The summed E-state index contributed by atoms with van der Waals surface area (Å²) in [6.45, 7) is 0.419. The summed E-state index contributed by atoms with van der Waals surface area (Å²) in [4.78, 5) is 1.90. The quantitative estimate of drug-likeness (QED) is 0.772. The minimum Gasteiger partial charge on any atom is -0.389 e. The van der Waals surface area contributed by atoms with E-state index in [4.69, 9.17) is 5.11 Å². The number of aliphatic hydroxyl groups is 1. The molecule has 0 aliphatic heterocycles. The van der Waals surface area contributed by atoms with Crippen LogP contribution in [0.15, 0.2) is 30.3 Å². The first-order chi connectivity index (χ1) is 6.72. The van der Waals surface area contributed by atoms with Gasteiger partial charge in [0.05, 0.1) is 6.10 Å². The number of nitrogens with zero attached hydrogens (tertiary/aromatic N) is 1. The summed E-state index contributed by atoms with van der Waals surface area (Å²) in [6.07, 6.45) is -0.872. The Hall–Kier alpha value is -0.930. The number of likely N-dealkylation sites (N-methyl/N-ethyl adjacent to an activating group) is 1. The van der Waals surface area contributed by atoms with Crippen molar-refractivity contribution in [2.24, 2.45) is 0 Å². The van der Waals surface area contributed by atoms with Gasteiger partial charge in [-0.15, -0.1) is 0 Å². The second kappa shape index (κ2) is 5.73. The van der Waals surface area contributed by atoms with E-state index in [1.165, 1.54) is 5.56 Å². The van der Waals surface area contributed by atoms with Gasteiger partial charge in [0.1, 0.15) is 6.67 Å². The molecular formula is C11H16FNO. The van der Waals surface area contributed by atoms with Gasteiger partial charge in [0, 0.05) is 13.1 Å². The molecule has 0 fully saturated rings. The van der Waals surface area contributed by atoms with Crippen molar-refractivity contribution in [1.29, 1.82) is 0 Å². The molecular weight excluding hydrogens is 181 g/mol. The lowest BCUT2D eigenvalue weighted by molar-refractivity contribution is 0.0977. The highest BCUT2D eigenvalue weighted by molar-refractivity contribution is 5.14. The van der Waals surface area contributed by atoms with Gasteiger partial charge in [0.2, 0.25) is 0 Å². The Morgan fingerprint density at radius 2 is 2.00 bits per heavy atom. The number of hydrogen-bond donors (Lipinski definition) is 1. The lowest BCUT2D eigenvalue weighted by atomic mass is 10.2. The monoisotopic (exact) mass is 197 g/mol. The van der Waals surface area contributed by atoms with Gasteiger partial charge in [-0.1, -0.05) is 30.3 Å². The third-order valence-corrected chi connectivity index (χ3v) is 2.00. The molecule has 0 aromatic heterocycles. The number of halogens is 1. The molecule has 78 valence electrons. The van der Waals surface area contributed by atoms with Crippen LogP contribution in [-0.2, 0) is 6.54 Å². The van der Waals surface area contributed by atoms with Gasteiger partial charge in [0.25, 0.3) is 0 Å². The highest BCUT2D eigenvalue weighted by Gasteiger charge is 2.07. The first kappa shape index (κ1) is 11.1. The average Bonchev–Trinajstić information content (AvgIpc) is 2.19. The molecule has 2 nitrogen and oxygen atoms in total. The van der Waals surface area contributed by atoms with Crippen LogP contribution in [0.5, 0.6) is 0 Å². The van der Waals surface area contributed by atoms with E-state index >= 15 is 0 Å². The molecule has 0 aliphatic rings. The van der Waals surface area contributed by atoms with Crippen LogP contribution in [0.2, 0.25) is 0 Å². The van der Waals surface area contributed by atoms with E-state index in [9.17, 15) is 4.39 Å². The number of benzene rings is 1. The molecule has 3 heteroatoms. The molecule has 14 heavy (non-hydrogen) atoms. The van der Waals surface area contributed by atoms with Crippen molar-refractivity contribution < 1.29 is 9.50 Å². The zero-order valence-corrected chi connectivity index (χ0v) is 8.36. The van der Waals surface area contributed by atoms with Gasteiger partial charge in [-0.25, -0.2) is 4.39 Å². The van der Waals surface area contributed by atoms with E-state index in [0.717, 1.165) is 6.54 Å². The van der Waals surface area contributed by atoms with Crippen molar-refractivity contribution >= 4 is 0 Å². The van der Waals surface area contributed by atoms with Crippen molar-refractivity contribution in [2.75, 3.05) is 20.3 Å². The average molecular weight is 197 g/mol. The third-order valence-electron chi connectivity index (χ3n) is 2.00. The minimum atomic E-state index is -0.872. The van der Waals surface area contributed by atoms with E-state index in [-0.39, 0.29) is 0 Å². The van der Waals surface area contributed by atoms with E-state index in [2.05, 4.69) is 0 Å². The summed E-state index contributed by atoms with van der Waals surface area (Å²) in [7, 11) is 1.87. The highest BCUT2D eigenvalue weighted by atomic mass is 19.1. The fourth-order valence-electron chi connectivity index (χ4n) is 1.37. The molecule has 1 aromatic rings. The topological polar surface area (TPSA) is 23.5 Å². The largest absolute Gasteiger partial charge is 0.389 e. The third kappa shape index (κ3) is 3.85. The van der Waals surface area contributed by atoms with Crippen molar-refractivity contribution in [1.82, 2.24) is 4.90 Å². The maximum atomic E-state index is 12.0. The number of hydrogen-bond acceptors (Lipinski definition) is 2. The molecule has 0 radical (unpaired) electrons. The van der Waals surface area contributed by atoms with Crippen LogP contribution < -0.4 is 0 Å². The van der Waals surface area contributed by atoms with Crippen LogP contribution in [0.25, 0.3) is 0 Å². The van der Waals surface area contributed by atoms with Crippen LogP contribution >= 0.6 is 0 Å². The van der Waals surface area contributed by atoms with Crippen molar-refractivity contribution in [3.63, 3.8) is 0 Å². The fraction of sp³-hybridized carbons (Fsp3) is 0.455. The zero-order valence-electron chi connectivity index (χ0n) is 8.36. The molecule has 0 aliphatic carbocycles. The van der Waals surface area contributed by atoms with E-state index in [1.807, 2.05) is 42.3 Å². The van der Waals surface area contributed by atoms with Gasteiger partial charge in [-0.05, 0) is 12.6 Å². The first-order valence-electron chi connectivity index (χ1n) is 4.69. The lowest BCUT2D eigenvalue weighted by Crippen LogP contribution is -2.29. The molecule has 0 saturated carbocycles. The van der Waals surface area contributed by atoms with Gasteiger partial charge in [-0.2, -0.15) is 0 Å². The molecule has 0 spiro atoms. The van der Waals surface area contributed by atoms with E-state index in [0.29, 0.717) is 6.54 Å². The maximum Gasteiger partial charge on any atom is 0.117 e. The van der Waals surface area contributed by atoms with Crippen LogP contribution in [0.3, 0.4) is 0 Å². The standard InChI is InChI=1S/C11H16FNO/c1-13(9-11(14)7-12)8-10-5-3-2-4-6-10/h2-6,11,14H,7-9H2,1H3. The normalized spacial score (nSPS) is 13.1. The second-order valence-corrected chi connectivity index (χ2v) is 3.49. The smallest absolute Gasteiger partial charge is 0.117 e. The second-order valence-electron chi connectivity index (χ2n) is 3.49. The molecule has 1 N–H and O–H groups in total. The minimum absolute atomic E-state index is 0.366. The number of aliphatic hydroxyl groups excluding tert-OH is 1. The predicted octanol–water partition coefficient (Wildman–Crippen LogP) is 1.45. The van der Waals surface area contributed by atoms with E-state index in [1.54, 1.807) is 0 Å². The van der Waals surface area contributed by atoms with E-state index < -0.39 is 12.8 Å². The summed E-state index contributed by atoms with van der Waals surface area (Å²) in [5, 5.41) is 9.09. The SMILES string of the molecule is CN(Cc1ccccc1)CC(O)CF. The molecule has 1 atom stereocenters. The Morgan fingerprint density at radius 3 is 2.57 bits per heavy atom. The molecule has 1 unspecified atom stereocenters. The van der Waals surface area contributed by atoms with Crippen molar-refractivity contribution in [2.45, 2.75) is 12.6 Å². The Bertz CT molecular complexity index is 253. The molecule has 0 bridgehead atoms. The predicted molar refractivity (Wildman–Crippen MR) is 54.8 cm³/mol. The maximum absolute atomic E-state index is 12.0. The Balaban J connectivity index is 2.37.